The van der Waals surface area contributed by atoms with E-state index in [9.17, 15) is 0 Å². The van der Waals surface area contributed by atoms with Crippen molar-refractivity contribution in [2.45, 2.75) is 47.5 Å². The molecule has 0 fully saturated rings. The number of allylic oxidation sites excluding steroid dienone is 3. The highest BCUT2D eigenvalue weighted by atomic mass is 13.9. The lowest BCUT2D eigenvalue weighted by molar-refractivity contribution is 0.949. The van der Waals surface area contributed by atoms with Gasteiger partial charge in [0.2, 0.25) is 0 Å². The summed E-state index contributed by atoms with van der Waals surface area (Å²) in [7, 11) is 0. The number of unbranched alkanes of at least 4 members (excludes halogenated alkanes) is 1. The Morgan fingerprint density at radius 2 is 1.73 bits per heavy atom. The highest BCUT2D eigenvalue weighted by molar-refractivity contribution is 5.23. The molecule has 0 bridgehead atoms. The first kappa shape index (κ1) is 13.1. The lowest BCUT2D eigenvalue weighted by Gasteiger charge is -1.96. The average molecular weight is 154 g/mol. The Hall–Kier alpha value is -0.520. The molecule has 0 spiro atoms. The van der Waals surface area contributed by atoms with E-state index < -0.39 is 0 Å². The van der Waals surface area contributed by atoms with Crippen molar-refractivity contribution in [2.75, 3.05) is 0 Å². The first-order chi connectivity index (χ1) is 5.18. The van der Waals surface area contributed by atoms with Crippen molar-refractivity contribution in [3.8, 4) is 0 Å². The minimum atomic E-state index is 1.18. The van der Waals surface area contributed by atoms with E-state index in [0.29, 0.717) is 0 Å². The van der Waals surface area contributed by atoms with Crippen molar-refractivity contribution >= 4 is 0 Å². The first-order valence-corrected chi connectivity index (χ1v) is 4.51. The summed E-state index contributed by atoms with van der Waals surface area (Å²) in [5.41, 5.74) is 2.51. The molecule has 0 radical (unpaired) electrons. The SMILES string of the molecule is C=C(C)/C(C)=C\CCC.CC. The maximum Gasteiger partial charge on any atom is -0.0348 e. The summed E-state index contributed by atoms with van der Waals surface area (Å²) in [6, 6.07) is 0. The number of rotatable bonds is 3. The van der Waals surface area contributed by atoms with Crippen molar-refractivity contribution < 1.29 is 0 Å². The molecule has 66 valence electrons. The third-order valence-electron chi connectivity index (χ3n) is 1.41. The van der Waals surface area contributed by atoms with Crippen LogP contribution in [0.2, 0.25) is 0 Å². The fourth-order valence-corrected chi connectivity index (χ4v) is 0.535. The monoisotopic (exact) mass is 154 g/mol. The molecular weight excluding hydrogens is 132 g/mol. The van der Waals surface area contributed by atoms with Gasteiger partial charge in [0.15, 0.2) is 0 Å². The number of hydrogen-bond donors (Lipinski definition) is 0. The predicted molar refractivity (Wildman–Crippen MR) is 54.8 cm³/mol. The molecule has 0 rings (SSSR count). The lowest BCUT2D eigenvalue weighted by Crippen LogP contribution is -1.75. The van der Waals surface area contributed by atoms with Crippen LogP contribution in [0.25, 0.3) is 0 Å². The second-order valence-corrected chi connectivity index (χ2v) is 2.46. The van der Waals surface area contributed by atoms with Crippen molar-refractivity contribution in [3.05, 3.63) is 23.8 Å². The van der Waals surface area contributed by atoms with Crippen molar-refractivity contribution in [1.82, 2.24) is 0 Å². The molecule has 0 unspecified atom stereocenters. The van der Waals surface area contributed by atoms with E-state index in [1.807, 2.05) is 20.8 Å². The van der Waals surface area contributed by atoms with E-state index >= 15 is 0 Å². The normalized spacial score (nSPS) is 10.1. The van der Waals surface area contributed by atoms with Crippen LogP contribution in [0.4, 0.5) is 0 Å². The van der Waals surface area contributed by atoms with E-state index in [1.165, 1.54) is 24.0 Å². The maximum atomic E-state index is 3.84. The molecule has 0 heteroatoms. The molecular formula is C11H22. The molecule has 0 nitrogen and oxygen atoms in total. The summed E-state index contributed by atoms with van der Waals surface area (Å²) in [4.78, 5) is 0. The van der Waals surface area contributed by atoms with Crippen LogP contribution in [0.15, 0.2) is 23.8 Å². The zero-order valence-electron chi connectivity index (χ0n) is 8.70. The lowest BCUT2D eigenvalue weighted by atomic mass is 10.1. The molecule has 0 aliphatic carbocycles. The largest absolute Gasteiger partial charge is 0.0959 e. The molecule has 0 heterocycles. The number of hydrogen-bond acceptors (Lipinski definition) is 0. The predicted octanol–water partition coefficient (Wildman–Crippen LogP) is 4.34. The fourth-order valence-electron chi connectivity index (χ4n) is 0.535. The van der Waals surface area contributed by atoms with Crippen LogP contribution in [0.5, 0.6) is 0 Å². The topological polar surface area (TPSA) is 0 Å². The third kappa shape index (κ3) is 9.48. The highest BCUT2D eigenvalue weighted by Crippen LogP contribution is 2.06. The van der Waals surface area contributed by atoms with Gasteiger partial charge in [-0.3, -0.25) is 0 Å². The van der Waals surface area contributed by atoms with Crippen molar-refractivity contribution in [1.29, 1.82) is 0 Å². The molecule has 0 atom stereocenters. The summed E-state index contributed by atoms with van der Waals surface area (Å²) in [5, 5.41) is 0. The van der Waals surface area contributed by atoms with E-state index in [1.54, 1.807) is 0 Å². The van der Waals surface area contributed by atoms with Gasteiger partial charge in [-0.15, -0.1) is 0 Å². The Kier molecular flexibility index (Phi) is 11.3. The summed E-state index contributed by atoms with van der Waals surface area (Å²) in [5.74, 6) is 0. The third-order valence-corrected chi connectivity index (χ3v) is 1.41. The van der Waals surface area contributed by atoms with Crippen LogP contribution in [0.3, 0.4) is 0 Å². The Bertz CT molecular complexity index is 118. The fraction of sp³-hybridized carbons (Fsp3) is 0.636. The standard InChI is InChI=1S/C9H16.C2H6/c1-5-6-7-9(4)8(2)3;1-2/h7H,2,5-6H2,1,3-4H3;1-2H3/b9-7-;. The molecule has 0 aliphatic heterocycles. The molecule has 0 aromatic heterocycles. The van der Waals surface area contributed by atoms with E-state index in [0.717, 1.165) is 0 Å². The van der Waals surface area contributed by atoms with Gasteiger partial charge in [-0.2, -0.15) is 0 Å². The average Bonchev–Trinajstić information content (AvgIpc) is 2.03. The van der Waals surface area contributed by atoms with Crippen LogP contribution >= 0.6 is 0 Å². The molecule has 0 saturated carbocycles. The molecule has 0 aromatic rings. The van der Waals surface area contributed by atoms with Gasteiger partial charge >= 0.3 is 0 Å². The Balaban J connectivity index is 0. The van der Waals surface area contributed by atoms with Gasteiger partial charge < -0.3 is 0 Å². The van der Waals surface area contributed by atoms with Gasteiger partial charge in [0.25, 0.3) is 0 Å². The van der Waals surface area contributed by atoms with E-state index in [-0.39, 0.29) is 0 Å². The van der Waals surface area contributed by atoms with E-state index in [2.05, 4.69) is 26.5 Å². The van der Waals surface area contributed by atoms with Crippen LogP contribution in [-0.2, 0) is 0 Å². The smallest absolute Gasteiger partial charge is 0.0348 e. The second-order valence-electron chi connectivity index (χ2n) is 2.46. The molecule has 11 heavy (non-hydrogen) atoms. The van der Waals surface area contributed by atoms with Crippen molar-refractivity contribution in [3.63, 3.8) is 0 Å². The van der Waals surface area contributed by atoms with Gasteiger partial charge in [-0.05, 0) is 20.3 Å². The zero-order chi connectivity index (χ0) is 9.28. The van der Waals surface area contributed by atoms with Crippen LogP contribution in [0.1, 0.15) is 47.5 Å². The molecule has 0 N–H and O–H groups in total. The second kappa shape index (κ2) is 9.48. The molecule has 0 aromatic carbocycles. The Morgan fingerprint density at radius 3 is 2.00 bits per heavy atom. The minimum Gasteiger partial charge on any atom is -0.0959 e. The summed E-state index contributed by atoms with van der Waals surface area (Å²) >= 11 is 0. The van der Waals surface area contributed by atoms with Gasteiger partial charge in [0, 0.05) is 0 Å². The van der Waals surface area contributed by atoms with Crippen LogP contribution in [-0.4, -0.2) is 0 Å². The van der Waals surface area contributed by atoms with Crippen LogP contribution in [0, 0.1) is 0 Å². The molecule has 0 aliphatic rings. The van der Waals surface area contributed by atoms with E-state index in [4.69, 9.17) is 0 Å². The van der Waals surface area contributed by atoms with Crippen LogP contribution < -0.4 is 0 Å². The quantitative estimate of drug-likeness (QED) is 0.531. The maximum absolute atomic E-state index is 3.84. The minimum absolute atomic E-state index is 1.18. The van der Waals surface area contributed by atoms with Crippen molar-refractivity contribution in [2.24, 2.45) is 0 Å². The van der Waals surface area contributed by atoms with Gasteiger partial charge in [0.1, 0.15) is 0 Å². The summed E-state index contributed by atoms with van der Waals surface area (Å²) < 4.78 is 0. The van der Waals surface area contributed by atoms with Gasteiger partial charge in [-0.25, -0.2) is 0 Å². The Labute approximate surface area is 72.0 Å². The molecule has 0 saturated heterocycles. The zero-order valence-corrected chi connectivity index (χ0v) is 8.70. The highest BCUT2D eigenvalue weighted by Gasteiger charge is 1.85. The van der Waals surface area contributed by atoms with Gasteiger partial charge in [0.05, 0.1) is 0 Å². The summed E-state index contributed by atoms with van der Waals surface area (Å²) in [6.45, 7) is 14.2. The summed E-state index contributed by atoms with van der Waals surface area (Å²) in [6.07, 6.45) is 4.64. The Morgan fingerprint density at radius 1 is 1.27 bits per heavy atom. The molecule has 0 amide bonds. The van der Waals surface area contributed by atoms with Gasteiger partial charge in [-0.1, -0.05) is 51.0 Å². The first-order valence-electron chi connectivity index (χ1n) is 4.51.